The van der Waals surface area contributed by atoms with Gasteiger partial charge in [-0.25, -0.2) is 4.90 Å². The Balaban J connectivity index is 1.52. The van der Waals surface area contributed by atoms with E-state index in [9.17, 15) is 24.3 Å². The summed E-state index contributed by atoms with van der Waals surface area (Å²) in [7, 11) is 0. The molecule has 3 fully saturated rings. The van der Waals surface area contributed by atoms with Gasteiger partial charge < -0.3 is 5.11 Å². The normalized spacial score (nSPS) is 33.4. The molecule has 0 radical (unpaired) electrons. The number of rotatable bonds is 3. The van der Waals surface area contributed by atoms with Gasteiger partial charge in [0.05, 0.1) is 28.9 Å². The maximum absolute atomic E-state index is 14.1. The number of phenolic OH excluding ortho intramolecular Hbond substituents is 1. The van der Waals surface area contributed by atoms with Gasteiger partial charge in [0, 0.05) is 12.5 Å². The third-order valence-electron chi connectivity index (χ3n) is 8.92. The van der Waals surface area contributed by atoms with Crippen molar-refractivity contribution in [2.45, 2.75) is 32.6 Å². The van der Waals surface area contributed by atoms with Gasteiger partial charge in [-0.05, 0) is 62.4 Å². The number of amides is 4. The number of imide groups is 2. The molecule has 7 nitrogen and oxygen atoms in total. The van der Waals surface area contributed by atoms with E-state index < -0.39 is 29.1 Å². The van der Waals surface area contributed by atoms with Gasteiger partial charge in [-0.3, -0.25) is 24.1 Å². The Bertz CT molecular complexity index is 1320. The van der Waals surface area contributed by atoms with E-state index in [2.05, 4.69) is 0 Å². The second-order valence-corrected chi connectivity index (χ2v) is 10.5. The predicted octanol–water partition coefficient (Wildman–Crippen LogP) is 3.64. The topological polar surface area (TPSA) is 95.0 Å². The van der Waals surface area contributed by atoms with Gasteiger partial charge in [-0.1, -0.05) is 42.0 Å². The van der Waals surface area contributed by atoms with E-state index in [1.54, 1.807) is 55.5 Å². The molecule has 2 saturated heterocycles. The molecule has 0 bridgehead atoms. The summed E-state index contributed by atoms with van der Waals surface area (Å²) in [6, 6.07) is 15.7. The van der Waals surface area contributed by atoms with Gasteiger partial charge >= 0.3 is 0 Å². The lowest BCUT2D eigenvalue weighted by molar-refractivity contribution is -0.140. The monoisotopic (exact) mass is 484 g/mol. The summed E-state index contributed by atoms with van der Waals surface area (Å²) in [6.45, 7) is 3.99. The number of carbonyl (C=O) groups is 4. The standard InChI is InChI=1S/C29H28N2O5/c1-3-30-25(33)20-14-13-19-21(23(20)27(30)35)15-22-26(34)31(17-7-5-4-6-8-17)28(36)29(22,2)24(19)16-9-11-18(32)12-10-16/h4-13,20-24,32H,3,14-15H2,1-2H3. The minimum Gasteiger partial charge on any atom is -0.508 e. The number of phenols is 1. The summed E-state index contributed by atoms with van der Waals surface area (Å²) < 4.78 is 0. The number of carbonyl (C=O) groups excluding carboxylic acids is 4. The highest BCUT2D eigenvalue weighted by atomic mass is 16.3. The number of fused-ring (bicyclic) bond motifs is 4. The maximum atomic E-state index is 14.1. The number of benzene rings is 2. The van der Waals surface area contributed by atoms with E-state index in [-0.39, 0.29) is 35.3 Å². The van der Waals surface area contributed by atoms with E-state index in [0.717, 1.165) is 11.1 Å². The molecule has 7 heteroatoms. The molecule has 2 heterocycles. The summed E-state index contributed by atoms with van der Waals surface area (Å²) in [4.78, 5) is 57.1. The van der Waals surface area contributed by atoms with Crippen LogP contribution in [0, 0.1) is 29.1 Å². The quantitative estimate of drug-likeness (QED) is 0.530. The summed E-state index contributed by atoms with van der Waals surface area (Å²) in [5, 5.41) is 9.94. The van der Waals surface area contributed by atoms with Crippen LogP contribution in [0.3, 0.4) is 0 Å². The minimum absolute atomic E-state index is 0.111. The molecule has 2 aliphatic carbocycles. The van der Waals surface area contributed by atoms with Gasteiger partial charge in [-0.15, -0.1) is 0 Å². The van der Waals surface area contributed by atoms with Crippen LogP contribution in [0.4, 0.5) is 5.69 Å². The lowest BCUT2D eigenvalue weighted by Gasteiger charge is -2.49. The number of para-hydroxylation sites is 1. The lowest BCUT2D eigenvalue weighted by Crippen LogP contribution is -2.48. The number of aromatic hydroxyl groups is 1. The van der Waals surface area contributed by atoms with Crippen LogP contribution in [0.1, 0.15) is 38.2 Å². The smallest absolute Gasteiger partial charge is 0.241 e. The zero-order valence-corrected chi connectivity index (χ0v) is 20.3. The van der Waals surface area contributed by atoms with Gasteiger partial charge in [0.2, 0.25) is 23.6 Å². The molecule has 0 spiro atoms. The molecule has 6 rings (SSSR count). The summed E-state index contributed by atoms with van der Waals surface area (Å²) in [5.41, 5.74) is 1.24. The molecule has 6 unspecified atom stereocenters. The SMILES string of the molecule is CCN1C(=O)C2CC=C3C(CC4C(=O)N(c5ccccc5)C(=O)C4(C)C3c3ccc(O)cc3)C2C1=O. The zero-order chi connectivity index (χ0) is 25.4. The van der Waals surface area contributed by atoms with Crippen LogP contribution in [-0.2, 0) is 19.2 Å². The summed E-state index contributed by atoms with van der Waals surface area (Å²) in [6.07, 6.45) is 2.83. The number of hydrogen-bond acceptors (Lipinski definition) is 5. The van der Waals surface area contributed by atoms with E-state index in [4.69, 9.17) is 0 Å². The van der Waals surface area contributed by atoms with Crippen LogP contribution in [0.15, 0.2) is 66.2 Å². The van der Waals surface area contributed by atoms with Crippen LogP contribution >= 0.6 is 0 Å². The van der Waals surface area contributed by atoms with E-state index in [1.165, 1.54) is 9.80 Å². The maximum Gasteiger partial charge on any atom is 0.241 e. The average Bonchev–Trinajstić information content (AvgIpc) is 3.24. The van der Waals surface area contributed by atoms with Crippen molar-refractivity contribution < 1.29 is 24.3 Å². The van der Waals surface area contributed by atoms with Crippen LogP contribution in [-0.4, -0.2) is 40.2 Å². The number of allylic oxidation sites excluding steroid dienone is 2. The van der Waals surface area contributed by atoms with Crippen LogP contribution in [0.25, 0.3) is 0 Å². The second-order valence-electron chi connectivity index (χ2n) is 10.5. The summed E-state index contributed by atoms with van der Waals surface area (Å²) >= 11 is 0. The van der Waals surface area contributed by atoms with Gasteiger partial charge in [0.15, 0.2) is 0 Å². The molecule has 6 atom stereocenters. The van der Waals surface area contributed by atoms with Gasteiger partial charge in [-0.2, -0.15) is 0 Å². The van der Waals surface area contributed by atoms with Gasteiger partial charge in [0.25, 0.3) is 0 Å². The first-order valence-corrected chi connectivity index (χ1v) is 12.6. The highest BCUT2D eigenvalue weighted by Gasteiger charge is 2.67. The minimum atomic E-state index is -1.06. The molecular weight excluding hydrogens is 456 g/mol. The van der Waals surface area contributed by atoms with Crippen LogP contribution in [0.5, 0.6) is 5.75 Å². The molecule has 2 aromatic carbocycles. The third-order valence-corrected chi connectivity index (χ3v) is 8.92. The lowest BCUT2D eigenvalue weighted by atomic mass is 9.51. The van der Waals surface area contributed by atoms with Crippen molar-refractivity contribution in [3.05, 3.63) is 71.8 Å². The Kier molecular flexibility index (Phi) is 4.97. The zero-order valence-electron chi connectivity index (χ0n) is 20.3. The van der Waals surface area contributed by atoms with Crippen LogP contribution in [0.2, 0.25) is 0 Å². The Morgan fingerprint density at radius 2 is 1.61 bits per heavy atom. The van der Waals surface area contributed by atoms with Crippen molar-refractivity contribution in [2.75, 3.05) is 11.4 Å². The van der Waals surface area contributed by atoms with Gasteiger partial charge in [0.1, 0.15) is 5.75 Å². The molecule has 184 valence electrons. The van der Waals surface area contributed by atoms with Crippen molar-refractivity contribution in [2.24, 2.45) is 29.1 Å². The van der Waals surface area contributed by atoms with Crippen molar-refractivity contribution in [3.63, 3.8) is 0 Å². The van der Waals surface area contributed by atoms with Crippen molar-refractivity contribution in [3.8, 4) is 5.75 Å². The Labute approximate surface area is 209 Å². The third kappa shape index (κ3) is 2.85. The van der Waals surface area contributed by atoms with Crippen molar-refractivity contribution in [1.29, 1.82) is 0 Å². The number of hydrogen-bond donors (Lipinski definition) is 1. The second kappa shape index (κ2) is 7.88. The fourth-order valence-electron chi connectivity index (χ4n) is 7.26. The fourth-order valence-corrected chi connectivity index (χ4v) is 7.26. The van der Waals surface area contributed by atoms with E-state index >= 15 is 0 Å². The van der Waals surface area contributed by atoms with E-state index in [1.807, 2.05) is 19.1 Å². The number of likely N-dealkylation sites (tertiary alicyclic amines) is 1. The molecule has 4 amide bonds. The molecule has 2 aromatic rings. The number of anilines is 1. The molecule has 1 N–H and O–H groups in total. The molecular formula is C29H28N2O5. The highest BCUT2D eigenvalue weighted by Crippen LogP contribution is 2.63. The largest absolute Gasteiger partial charge is 0.508 e. The summed E-state index contributed by atoms with van der Waals surface area (Å²) in [5.74, 6) is -3.06. The highest BCUT2D eigenvalue weighted by molar-refractivity contribution is 6.24. The number of nitrogens with zero attached hydrogens (tertiary/aromatic N) is 2. The first-order chi connectivity index (χ1) is 17.3. The predicted molar refractivity (Wildman–Crippen MR) is 132 cm³/mol. The van der Waals surface area contributed by atoms with Crippen LogP contribution < -0.4 is 4.90 Å². The first-order valence-electron chi connectivity index (χ1n) is 12.6. The Morgan fingerprint density at radius 1 is 0.917 bits per heavy atom. The fraction of sp³-hybridized carbons (Fsp3) is 0.379. The molecule has 1 saturated carbocycles. The first kappa shape index (κ1) is 22.7. The molecule has 36 heavy (non-hydrogen) atoms. The average molecular weight is 485 g/mol. The molecule has 4 aliphatic rings. The van der Waals surface area contributed by atoms with Crippen molar-refractivity contribution in [1.82, 2.24) is 4.90 Å². The Morgan fingerprint density at radius 3 is 2.28 bits per heavy atom. The van der Waals surface area contributed by atoms with E-state index in [0.29, 0.717) is 25.1 Å². The van der Waals surface area contributed by atoms with Crippen molar-refractivity contribution >= 4 is 29.3 Å². The molecule has 0 aromatic heterocycles. The Hall–Kier alpha value is -3.74. The molecule has 2 aliphatic heterocycles.